The van der Waals surface area contributed by atoms with Gasteiger partial charge in [0, 0.05) is 0 Å². The molecule has 0 amide bonds. The summed E-state index contributed by atoms with van der Waals surface area (Å²) in [6.07, 6.45) is 0. The second-order valence-electron chi connectivity index (χ2n) is 3.77. The molecule has 2 rings (SSSR count). The van der Waals surface area contributed by atoms with Gasteiger partial charge in [-0.25, -0.2) is 8.78 Å². The van der Waals surface area contributed by atoms with E-state index in [4.69, 9.17) is 4.74 Å². The molecule has 2 aromatic carbocycles. The van der Waals surface area contributed by atoms with Gasteiger partial charge < -0.3 is 4.74 Å². The number of rotatable bonds is 4. The fourth-order valence-electron chi connectivity index (χ4n) is 1.49. The minimum Gasteiger partial charge on any atom is -0.484 e. The molecule has 0 fully saturated rings. The zero-order valence-corrected chi connectivity index (χ0v) is 11.9. The quantitative estimate of drug-likeness (QED) is 0.601. The molecule has 0 radical (unpaired) electrons. The third kappa shape index (κ3) is 3.50. The van der Waals surface area contributed by atoms with Crippen molar-refractivity contribution in [2.45, 2.75) is 0 Å². The predicted molar refractivity (Wildman–Crippen MR) is 75.3 cm³/mol. The molecule has 0 bridgehead atoms. The summed E-state index contributed by atoms with van der Waals surface area (Å²) in [6.45, 7) is -0.333. The highest BCUT2D eigenvalue weighted by atomic mass is 127. The van der Waals surface area contributed by atoms with Crippen LogP contribution >= 0.6 is 22.6 Å². The van der Waals surface area contributed by atoms with Crippen molar-refractivity contribution in [3.05, 3.63) is 63.2 Å². The van der Waals surface area contributed by atoms with Gasteiger partial charge >= 0.3 is 0 Å². The van der Waals surface area contributed by atoms with E-state index in [1.165, 1.54) is 0 Å². The number of para-hydroxylation sites is 1. The van der Waals surface area contributed by atoms with E-state index in [1.54, 1.807) is 12.1 Å². The molecule has 0 heterocycles. The lowest BCUT2D eigenvalue weighted by Gasteiger charge is -2.07. The lowest BCUT2D eigenvalue weighted by Crippen LogP contribution is -2.14. The summed E-state index contributed by atoms with van der Waals surface area (Å²) in [4.78, 5) is 11.8. The van der Waals surface area contributed by atoms with Crippen LogP contribution in [0.5, 0.6) is 5.75 Å². The van der Waals surface area contributed by atoms with Gasteiger partial charge in [0.2, 0.25) is 5.78 Å². The molecule has 0 aromatic heterocycles. The number of hydrogen-bond donors (Lipinski definition) is 0. The molecule has 2 aromatic rings. The van der Waals surface area contributed by atoms with Crippen molar-refractivity contribution in [3.63, 3.8) is 0 Å². The maximum Gasteiger partial charge on any atom is 0.203 e. The van der Waals surface area contributed by atoms with Crippen molar-refractivity contribution in [2.75, 3.05) is 6.61 Å². The second kappa shape index (κ2) is 6.10. The van der Waals surface area contributed by atoms with Gasteiger partial charge in [-0.15, -0.1) is 0 Å². The van der Waals surface area contributed by atoms with Crippen LogP contribution < -0.4 is 4.74 Å². The number of ether oxygens (including phenoxy) is 1. The van der Waals surface area contributed by atoms with Gasteiger partial charge in [-0.2, -0.15) is 0 Å². The summed E-state index contributed by atoms with van der Waals surface area (Å²) in [5.74, 6) is -1.47. The first-order chi connectivity index (χ1) is 9.08. The van der Waals surface area contributed by atoms with Crippen molar-refractivity contribution in [3.8, 4) is 5.75 Å². The molecule has 0 saturated carbocycles. The topological polar surface area (TPSA) is 26.3 Å². The van der Waals surface area contributed by atoms with E-state index in [1.807, 2.05) is 12.1 Å². The van der Waals surface area contributed by atoms with Gasteiger partial charge in [0.1, 0.15) is 17.4 Å². The third-order valence-corrected chi connectivity index (χ3v) is 3.32. The summed E-state index contributed by atoms with van der Waals surface area (Å²) in [6, 6.07) is 9.90. The zero-order valence-electron chi connectivity index (χ0n) is 9.70. The van der Waals surface area contributed by atoms with E-state index in [9.17, 15) is 13.6 Å². The lowest BCUT2D eigenvalue weighted by atomic mass is 10.1. The van der Waals surface area contributed by atoms with E-state index in [0.717, 1.165) is 21.8 Å². The molecule has 0 atom stereocenters. The van der Waals surface area contributed by atoms with Crippen LogP contribution in [0.3, 0.4) is 0 Å². The summed E-state index contributed by atoms with van der Waals surface area (Å²) in [7, 11) is 0. The first-order valence-corrected chi connectivity index (χ1v) is 6.51. The maximum atomic E-state index is 13.4. The molecule has 0 spiro atoms. The van der Waals surface area contributed by atoms with Crippen molar-refractivity contribution in [2.24, 2.45) is 0 Å². The smallest absolute Gasteiger partial charge is 0.203 e. The summed E-state index contributed by atoms with van der Waals surface area (Å²) in [5, 5.41) is 0. The average molecular weight is 374 g/mol. The van der Waals surface area contributed by atoms with Crippen LogP contribution in [0.25, 0.3) is 0 Å². The van der Waals surface area contributed by atoms with Gasteiger partial charge in [-0.05, 0) is 52.9 Å². The summed E-state index contributed by atoms with van der Waals surface area (Å²) in [5.41, 5.74) is -0.300. The molecule has 5 heteroatoms. The van der Waals surface area contributed by atoms with Crippen molar-refractivity contribution < 1.29 is 18.3 Å². The monoisotopic (exact) mass is 374 g/mol. The predicted octanol–water partition coefficient (Wildman–Crippen LogP) is 3.83. The van der Waals surface area contributed by atoms with Crippen LogP contribution in [-0.4, -0.2) is 12.4 Å². The molecule has 0 aliphatic heterocycles. The van der Waals surface area contributed by atoms with E-state index in [-0.39, 0.29) is 12.2 Å². The Balaban J connectivity index is 2.10. The summed E-state index contributed by atoms with van der Waals surface area (Å²) >= 11 is 2.06. The van der Waals surface area contributed by atoms with Gasteiger partial charge in [0.05, 0.1) is 9.13 Å². The molecule has 0 saturated heterocycles. The highest BCUT2D eigenvalue weighted by Gasteiger charge is 2.14. The Hall–Kier alpha value is -1.50. The van der Waals surface area contributed by atoms with E-state index in [0.29, 0.717) is 5.75 Å². The van der Waals surface area contributed by atoms with Gasteiger partial charge in [0.15, 0.2) is 6.61 Å². The van der Waals surface area contributed by atoms with Crippen LogP contribution in [0.1, 0.15) is 10.4 Å². The van der Waals surface area contributed by atoms with Crippen LogP contribution in [-0.2, 0) is 0 Å². The molecule has 2 nitrogen and oxygen atoms in total. The van der Waals surface area contributed by atoms with Gasteiger partial charge in [-0.3, -0.25) is 4.79 Å². The largest absolute Gasteiger partial charge is 0.484 e. The molecule has 0 N–H and O–H groups in total. The highest BCUT2D eigenvalue weighted by Crippen LogP contribution is 2.20. The first kappa shape index (κ1) is 13.9. The number of Topliss-reactive ketones (excluding diaryl/α,β-unsaturated/α-hetero) is 1. The second-order valence-corrected chi connectivity index (χ2v) is 4.93. The Morgan fingerprint density at radius 3 is 2.63 bits per heavy atom. The van der Waals surface area contributed by atoms with Crippen molar-refractivity contribution in [1.82, 2.24) is 0 Å². The number of ketones is 1. The minimum absolute atomic E-state index is 0.300. The van der Waals surface area contributed by atoms with Crippen LogP contribution in [0.4, 0.5) is 8.78 Å². The minimum atomic E-state index is -0.752. The SMILES string of the molecule is O=C(COc1ccccc1I)c1cc(F)ccc1F. The van der Waals surface area contributed by atoms with Crippen LogP contribution in [0, 0.1) is 15.2 Å². The van der Waals surface area contributed by atoms with Crippen LogP contribution in [0.2, 0.25) is 0 Å². The van der Waals surface area contributed by atoms with Crippen molar-refractivity contribution in [1.29, 1.82) is 0 Å². The standard InChI is InChI=1S/C14H9F2IO2/c15-9-5-6-11(16)10(7-9)13(18)8-19-14-4-2-1-3-12(14)17/h1-7H,8H2. The fourth-order valence-corrected chi connectivity index (χ4v) is 2.04. The highest BCUT2D eigenvalue weighted by molar-refractivity contribution is 14.1. The molecule has 0 aliphatic rings. The average Bonchev–Trinajstić information content (AvgIpc) is 2.40. The van der Waals surface area contributed by atoms with Crippen LogP contribution in [0.15, 0.2) is 42.5 Å². The van der Waals surface area contributed by atoms with E-state index >= 15 is 0 Å². The molecular formula is C14H9F2IO2. The maximum absolute atomic E-state index is 13.4. The van der Waals surface area contributed by atoms with Crippen molar-refractivity contribution >= 4 is 28.4 Å². The Kier molecular flexibility index (Phi) is 4.47. The molecule has 98 valence electrons. The van der Waals surface area contributed by atoms with Gasteiger partial charge in [-0.1, -0.05) is 12.1 Å². The Bertz CT molecular complexity index is 614. The molecular weight excluding hydrogens is 365 g/mol. The Morgan fingerprint density at radius 2 is 1.89 bits per heavy atom. The Morgan fingerprint density at radius 1 is 1.16 bits per heavy atom. The Labute approximate surface area is 122 Å². The molecule has 19 heavy (non-hydrogen) atoms. The molecule has 0 aliphatic carbocycles. The number of benzene rings is 2. The third-order valence-electron chi connectivity index (χ3n) is 2.42. The normalized spacial score (nSPS) is 10.3. The molecule has 0 unspecified atom stereocenters. The van der Waals surface area contributed by atoms with Gasteiger partial charge in [0.25, 0.3) is 0 Å². The lowest BCUT2D eigenvalue weighted by molar-refractivity contribution is 0.0916. The summed E-state index contributed by atoms with van der Waals surface area (Å²) < 4.78 is 32.5. The first-order valence-electron chi connectivity index (χ1n) is 5.43. The zero-order chi connectivity index (χ0) is 13.8. The number of carbonyl (C=O) groups excluding carboxylic acids is 1. The number of hydrogen-bond acceptors (Lipinski definition) is 2. The number of halogens is 3. The van der Waals surface area contributed by atoms with E-state index < -0.39 is 17.4 Å². The van der Waals surface area contributed by atoms with E-state index in [2.05, 4.69) is 22.6 Å². The number of carbonyl (C=O) groups is 1. The fraction of sp³-hybridized carbons (Fsp3) is 0.0714.